The average Bonchev–Trinajstić information content (AvgIpc) is 2.98. The minimum atomic E-state index is -3.25. The van der Waals surface area contributed by atoms with Crippen LogP contribution < -0.4 is 10.6 Å². The van der Waals surface area contributed by atoms with E-state index in [1.807, 2.05) is 45.9 Å². The van der Waals surface area contributed by atoms with Gasteiger partial charge < -0.3 is 32.5 Å². The molecule has 0 spiro atoms. The summed E-state index contributed by atoms with van der Waals surface area (Å²) in [6, 6.07) is 17.0. The summed E-state index contributed by atoms with van der Waals surface area (Å²) in [5, 5.41) is 5.90. The summed E-state index contributed by atoms with van der Waals surface area (Å²) in [6.07, 6.45) is 6.58. The number of hydrogen-bond acceptors (Lipinski definition) is 7. The Morgan fingerprint density at radius 3 is 1.49 bits per heavy atom. The summed E-state index contributed by atoms with van der Waals surface area (Å²) in [5.74, 6) is 2.23. The van der Waals surface area contributed by atoms with Crippen molar-refractivity contribution in [3.63, 3.8) is 0 Å². The van der Waals surface area contributed by atoms with E-state index in [1.54, 1.807) is 36.4 Å². The van der Waals surface area contributed by atoms with Crippen molar-refractivity contribution in [2.24, 2.45) is 0 Å². The van der Waals surface area contributed by atoms with Crippen LogP contribution in [-0.2, 0) is 21.8 Å². The molecule has 2 aromatic rings. The van der Waals surface area contributed by atoms with Gasteiger partial charge in [0.1, 0.15) is 0 Å². The van der Waals surface area contributed by atoms with E-state index in [9.17, 15) is 9.59 Å². The third-order valence-corrected chi connectivity index (χ3v) is 13.3. The van der Waals surface area contributed by atoms with Crippen LogP contribution in [0.2, 0.25) is 12.1 Å². The van der Waals surface area contributed by atoms with Crippen molar-refractivity contribution in [3.8, 4) is 12.3 Å². The number of terminal acetylenes is 1. The Bertz CT molecular complexity index is 1080. The summed E-state index contributed by atoms with van der Waals surface area (Å²) in [4.78, 5) is 25.1. The van der Waals surface area contributed by atoms with Gasteiger partial charge in [-0.2, -0.15) is 0 Å². The lowest BCUT2D eigenvalue weighted by Crippen LogP contribution is -2.59. The number of carbonyl (C=O) groups excluding carboxylic acids is 2. The second-order valence-corrected chi connectivity index (χ2v) is 14.7. The molecular formula is C30H44N2O7Si2. The molecule has 0 aliphatic carbocycles. The highest BCUT2D eigenvalue weighted by Crippen LogP contribution is 2.28. The lowest BCUT2D eigenvalue weighted by atomic mass is 10.1. The molecule has 11 heteroatoms. The lowest BCUT2D eigenvalue weighted by Gasteiger charge is -2.38. The van der Waals surface area contributed by atoms with Crippen LogP contribution in [-0.4, -0.2) is 68.9 Å². The van der Waals surface area contributed by atoms with E-state index < -0.39 is 17.6 Å². The predicted octanol–water partition coefficient (Wildman–Crippen LogP) is 4.65. The quantitative estimate of drug-likeness (QED) is 0.130. The molecular weight excluding hydrogens is 557 g/mol. The van der Waals surface area contributed by atoms with Crippen molar-refractivity contribution in [2.45, 2.75) is 52.6 Å². The lowest BCUT2D eigenvalue weighted by molar-refractivity contribution is 0.0486. The van der Waals surface area contributed by atoms with Gasteiger partial charge in [0.2, 0.25) is 0 Å². The Morgan fingerprint density at radius 2 is 1.10 bits per heavy atom. The van der Waals surface area contributed by atoms with Gasteiger partial charge in [0.25, 0.3) is 11.8 Å². The fourth-order valence-electron chi connectivity index (χ4n) is 4.23. The highest BCUT2D eigenvalue weighted by Gasteiger charge is 2.53. The first-order chi connectivity index (χ1) is 19.9. The summed E-state index contributed by atoms with van der Waals surface area (Å²) >= 11 is 0. The fraction of sp³-hybridized carbons (Fsp3) is 0.467. The normalized spacial score (nSPS) is 11.6. The van der Waals surface area contributed by atoms with Crippen molar-refractivity contribution in [2.75, 3.05) is 39.5 Å². The molecule has 0 heterocycles. The highest BCUT2D eigenvalue weighted by atomic mass is 28.5. The maximum absolute atomic E-state index is 12.6. The number of hydrogen-bond donors (Lipinski definition) is 2. The van der Waals surface area contributed by atoms with Crippen molar-refractivity contribution in [3.05, 3.63) is 71.3 Å². The zero-order valence-corrected chi connectivity index (χ0v) is 26.7. The topological polar surface area (TPSA) is 104 Å². The Kier molecular flexibility index (Phi) is 15.6. The van der Waals surface area contributed by atoms with Gasteiger partial charge in [0.15, 0.2) is 0 Å². The Balaban J connectivity index is 2.06. The Labute approximate surface area is 247 Å². The van der Waals surface area contributed by atoms with Crippen LogP contribution in [0.5, 0.6) is 0 Å². The van der Waals surface area contributed by atoms with Gasteiger partial charge in [0, 0.05) is 68.3 Å². The van der Waals surface area contributed by atoms with Crippen LogP contribution in [0, 0.1) is 12.3 Å². The van der Waals surface area contributed by atoms with E-state index in [4.69, 9.17) is 28.2 Å². The van der Waals surface area contributed by atoms with Gasteiger partial charge in [-0.05, 0) is 76.9 Å². The molecule has 2 rings (SSSR count). The maximum atomic E-state index is 12.6. The van der Waals surface area contributed by atoms with Gasteiger partial charge >= 0.3 is 17.6 Å². The van der Waals surface area contributed by atoms with Gasteiger partial charge in [-0.3, -0.25) is 9.59 Å². The van der Waals surface area contributed by atoms with Crippen molar-refractivity contribution in [1.82, 2.24) is 10.6 Å². The number of nitrogens with one attached hydrogen (secondary N) is 2. The summed E-state index contributed by atoms with van der Waals surface area (Å²) < 4.78 is 31.6. The molecule has 0 radical (unpaired) electrons. The number of amides is 2. The van der Waals surface area contributed by atoms with Crippen molar-refractivity contribution < 1.29 is 31.4 Å². The fourth-order valence-corrected chi connectivity index (χ4v) is 11.6. The van der Waals surface area contributed by atoms with Crippen LogP contribution in [0.1, 0.15) is 66.8 Å². The molecule has 2 N–H and O–H groups in total. The first kappa shape index (κ1) is 34.4. The Morgan fingerprint density at radius 1 is 0.683 bits per heavy atom. The average molecular weight is 601 g/mol. The van der Waals surface area contributed by atoms with Crippen molar-refractivity contribution >= 4 is 29.4 Å². The first-order valence-corrected chi connectivity index (χ1v) is 18.2. The van der Waals surface area contributed by atoms with E-state index in [2.05, 4.69) is 16.6 Å². The Hall–Kier alpha value is -2.83. The van der Waals surface area contributed by atoms with E-state index in [0.29, 0.717) is 75.6 Å². The number of rotatable bonds is 20. The molecule has 41 heavy (non-hydrogen) atoms. The molecule has 2 aromatic carbocycles. The molecule has 0 atom stereocenters. The minimum Gasteiger partial charge on any atom is -0.374 e. The van der Waals surface area contributed by atoms with Gasteiger partial charge in [0.05, 0.1) is 0 Å². The number of carbonyl (C=O) groups is 2. The zero-order valence-electron chi connectivity index (χ0n) is 24.7. The molecule has 0 unspecified atom stereocenters. The second kappa shape index (κ2) is 18.6. The molecule has 0 saturated heterocycles. The van der Waals surface area contributed by atoms with E-state index in [-0.39, 0.29) is 11.8 Å². The molecule has 9 nitrogen and oxygen atoms in total. The van der Waals surface area contributed by atoms with Crippen LogP contribution in [0.4, 0.5) is 0 Å². The summed E-state index contributed by atoms with van der Waals surface area (Å²) in [7, 11) is -6.50. The largest absolute Gasteiger partial charge is 0.493 e. The third-order valence-electron chi connectivity index (χ3n) is 6.01. The molecule has 224 valence electrons. The molecule has 0 aliphatic heterocycles. The molecule has 0 aliphatic rings. The molecule has 0 saturated carbocycles. The van der Waals surface area contributed by atoms with Gasteiger partial charge in [-0.25, -0.2) is 0 Å². The predicted molar refractivity (Wildman–Crippen MR) is 163 cm³/mol. The van der Waals surface area contributed by atoms with Crippen LogP contribution in [0.25, 0.3) is 0 Å². The minimum absolute atomic E-state index is 0.131. The van der Waals surface area contributed by atoms with Crippen LogP contribution >= 0.6 is 0 Å². The second-order valence-electron chi connectivity index (χ2n) is 9.01. The van der Waals surface area contributed by atoms with Gasteiger partial charge in [-0.1, -0.05) is 24.1 Å². The van der Waals surface area contributed by atoms with E-state index in [1.165, 1.54) is 0 Å². The van der Waals surface area contributed by atoms with E-state index >= 15 is 0 Å². The third kappa shape index (κ3) is 11.5. The first-order valence-electron chi connectivity index (χ1n) is 14.3. The zero-order chi connectivity index (χ0) is 30.0. The SMILES string of the molecule is C#Cc1ccc(C(=O)NCCC[Si](OCC)(OCC)O[Si](CCCNC(=O)c2ccccc2)(OCC)OCC)cc1. The molecule has 0 aromatic heterocycles. The van der Waals surface area contributed by atoms with Crippen molar-refractivity contribution in [1.29, 1.82) is 0 Å². The molecule has 0 fully saturated rings. The summed E-state index contributed by atoms with van der Waals surface area (Å²) in [6.45, 7) is 10.1. The number of benzene rings is 2. The highest BCUT2D eigenvalue weighted by molar-refractivity contribution is 6.75. The van der Waals surface area contributed by atoms with E-state index in [0.717, 1.165) is 5.56 Å². The molecule has 2 amide bonds. The smallest absolute Gasteiger partial charge is 0.374 e. The maximum Gasteiger partial charge on any atom is 0.493 e. The van der Waals surface area contributed by atoms with Crippen LogP contribution in [0.3, 0.4) is 0 Å². The summed E-state index contributed by atoms with van der Waals surface area (Å²) in [5.41, 5.74) is 1.87. The standard InChI is InChI=1S/C30H44N2O7Si2/c1-6-26-18-20-28(21-19-26)30(34)32-23-15-25-41(37-9-4,38-10-5)39-40(35-7-2,36-8-3)24-14-22-31-29(33)27-16-12-11-13-17-27/h1,11-13,16-21H,7-10,14-15,22-25H2,2-5H3,(H,31,33)(H,32,34). The van der Waals surface area contributed by atoms with Crippen LogP contribution in [0.15, 0.2) is 54.6 Å². The van der Waals surface area contributed by atoms with Gasteiger partial charge in [-0.15, -0.1) is 6.42 Å². The monoisotopic (exact) mass is 600 g/mol. The molecule has 0 bridgehead atoms.